The van der Waals surface area contributed by atoms with Crippen LogP contribution in [-0.2, 0) is 16.1 Å². The maximum absolute atomic E-state index is 11.7. The largest absolute Gasteiger partial charge is 0.484 e. The molecule has 0 saturated heterocycles. The van der Waals surface area contributed by atoms with E-state index in [9.17, 15) is 9.59 Å². The first-order valence-corrected chi connectivity index (χ1v) is 7.30. The van der Waals surface area contributed by atoms with Gasteiger partial charge in [-0.25, -0.2) is 0 Å². The molecule has 0 bridgehead atoms. The van der Waals surface area contributed by atoms with E-state index >= 15 is 0 Å². The van der Waals surface area contributed by atoms with Gasteiger partial charge in [0.05, 0.1) is 19.4 Å². The van der Waals surface area contributed by atoms with Crippen molar-refractivity contribution in [2.24, 2.45) is 0 Å². The van der Waals surface area contributed by atoms with Crippen LogP contribution in [0, 0.1) is 13.8 Å². The monoisotopic (exact) mass is 316 g/mol. The molecular formula is C17H20N2O4. The van der Waals surface area contributed by atoms with Gasteiger partial charge < -0.3 is 19.8 Å². The van der Waals surface area contributed by atoms with Crippen LogP contribution in [0.3, 0.4) is 0 Å². The fourth-order valence-corrected chi connectivity index (χ4v) is 1.84. The fourth-order valence-electron chi connectivity index (χ4n) is 1.84. The number of carbonyl (C=O) groups excluding carboxylic acids is 2. The Morgan fingerprint density at radius 1 is 1.09 bits per heavy atom. The van der Waals surface area contributed by atoms with Crippen LogP contribution in [0.1, 0.15) is 16.9 Å². The van der Waals surface area contributed by atoms with Crippen LogP contribution in [0.15, 0.2) is 41.0 Å². The van der Waals surface area contributed by atoms with Gasteiger partial charge in [-0.05, 0) is 49.2 Å². The summed E-state index contributed by atoms with van der Waals surface area (Å²) < 4.78 is 10.5. The van der Waals surface area contributed by atoms with Crippen molar-refractivity contribution >= 4 is 11.8 Å². The maximum Gasteiger partial charge on any atom is 0.258 e. The zero-order valence-corrected chi connectivity index (χ0v) is 13.2. The number of ether oxygens (including phenoxy) is 1. The van der Waals surface area contributed by atoms with Gasteiger partial charge in [0.15, 0.2) is 6.61 Å². The van der Waals surface area contributed by atoms with Crippen molar-refractivity contribution in [3.8, 4) is 5.75 Å². The third-order valence-corrected chi connectivity index (χ3v) is 3.33. The number of rotatable bonds is 7. The molecule has 0 saturated carbocycles. The van der Waals surface area contributed by atoms with Gasteiger partial charge >= 0.3 is 0 Å². The molecule has 2 amide bonds. The summed E-state index contributed by atoms with van der Waals surface area (Å²) in [5.41, 5.74) is 2.26. The van der Waals surface area contributed by atoms with Crippen LogP contribution in [0.25, 0.3) is 0 Å². The molecular weight excluding hydrogens is 296 g/mol. The molecule has 23 heavy (non-hydrogen) atoms. The van der Waals surface area contributed by atoms with Gasteiger partial charge in [0, 0.05) is 0 Å². The van der Waals surface area contributed by atoms with E-state index in [1.807, 2.05) is 32.0 Å². The zero-order valence-electron chi connectivity index (χ0n) is 13.2. The van der Waals surface area contributed by atoms with Gasteiger partial charge in [0.2, 0.25) is 5.91 Å². The molecule has 0 unspecified atom stereocenters. The van der Waals surface area contributed by atoms with E-state index in [-0.39, 0.29) is 25.0 Å². The summed E-state index contributed by atoms with van der Waals surface area (Å²) in [6, 6.07) is 9.12. The predicted octanol–water partition coefficient (Wildman–Crippen LogP) is 1.71. The summed E-state index contributed by atoms with van der Waals surface area (Å²) in [5.74, 6) is 0.644. The topological polar surface area (TPSA) is 80.6 Å². The Morgan fingerprint density at radius 3 is 2.61 bits per heavy atom. The standard InChI is InChI=1S/C17H20N2O4/c1-12-5-6-14(8-13(12)2)23-11-17(21)19-10-16(20)18-9-15-4-3-7-22-15/h3-8H,9-11H2,1-2H3,(H,18,20)(H,19,21). The molecule has 0 aliphatic carbocycles. The number of hydrogen-bond acceptors (Lipinski definition) is 4. The first-order chi connectivity index (χ1) is 11.0. The molecule has 0 atom stereocenters. The molecule has 1 aromatic heterocycles. The smallest absolute Gasteiger partial charge is 0.258 e. The Labute approximate surface area is 134 Å². The second-order valence-electron chi connectivity index (χ2n) is 5.17. The van der Waals surface area contributed by atoms with Gasteiger partial charge in [-0.15, -0.1) is 0 Å². The van der Waals surface area contributed by atoms with Crippen molar-refractivity contribution in [1.29, 1.82) is 0 Å². The van der Waals surface area contributed by atoms with Crippen LogP contribution in [0.2, 0.25) is 0 Å². The van der Waals surface area contributed by atoms with E-state index in [2.05, 4.69) is 10.6 Å². The van der Waals surface area contributed by atoms with Crippen LogP contribution >= 0.6 is 0 Å². The summed E-state index contributed by atoms with van der Waals surface area (Å²) in [4.78, 5) is 23.3. The van der Waals surface area contributed by atoms with Crippen LogP contribution in [0.5, 0.6) is 5.75 Å². The van der Waals surface area contributed by atoms with Crippen molar-refractivity contribution < 1.29 is 18.7 Å². The summed E-state index contributed by atoms with van der Waals surface area (Å²) in [5, 5.41) is 5.14. The first kappa shape index (κ1) is 16.6. The molecule has 6 heteroatoms. The minimum absolute atomic E-state index is 0.101. The number of furan rings is 1. The number of amides is 2. The third-order valence-electron chi connectivity index (χ3n) is 3.33. The van der Waals surface area contributed by atoms with E-state index in [1.165, 1.54) is 6.26 Å². The van der Waals surface area contributed by atoms with E-state index in [1.54, 1.807) is 12.1 Å². The van der Waals surface area contributed by atoms with Crippen molar-refractivity contribution in [1.82, 2.24) is 10.6 Å². The number of carbonyl (C=O) groups is 2. The average molecular weight is 316 g/mol. The third kappa shape index (κ3) is 5.50. The molecule has 6 nitrogen and oxygen atoms in total. The van der Waals surface area contributed by atoms with Crippen LogP contribution < -0.4 is 15.4 Å². The van der Waals surface area contributed by atoms with E-state index in [4.69, 9.17) is 9.15 Å². The molecule has 1 heterocycles. The van der Waals surface area contributed by atoms with Gasteiger partial charge in [-0.2, -0.15) is 0 Å². The lowest BCUT2D eigenvalue weighted by atomic mass is 10.1. The Morgan fingerprint density at radius 2 is 1.91 bits per heavy atom. The molecule has 2 N–H and O–H groups in total. The summed E-state index contributed by atoms with van der Waals surface area (Å²) in [7, 11) is 0. The molecule has 0 aliphatic heterocycles. The van der Waals surface area contributed by atoms with Gasteiger partial charge in [0.1, 0.15) is 11.5 Å². The van der Waals surface area contributed by atoms with Crippen molar-refractivity contribution in [3.63, 3.8) is 0 Å². The highest BCUT2D eigenvalue weighted by Crippen LogP contribution is 2.16. The molecule has 0 aliphatic rings. The van der Waals surface area contributed by atoms with Gasteiger partial charge in [0.25, 0.3) is 5.91 Å². The SMILES string of the molecule is Cc1ccc(OCC(=O)NCC(=O)NCc2ccco2)cc1C. The zero-order chi connectivity index (χ0) is 16.7. The highest BCUT2D eigenvalue weighted by atomic mass is 16.5. The molecule has 1 aromatic carbocycles. The normalized spacial score (nSPS) is 10.2. The molecule has 2 rings (SSSR count). The minimum Gasteiger partial charge on any atom is -0.484 e. The lowest BCUT2D eigenvalue weighted by molar-refractivity contribution is -0.127. The summed E-state index contributed by atoms with van der Waals surface area (Å²) in [6.45, 7) is 4.05. The number of hydrogen-bond donors (Lipinski definition) is 2. The second-order valence-corrected chi connectivity index (χ2v) is 5.17. The predicted molar refractivity (Wildman–Crippen MR) is 85.0 cm³/mol. The molecule has 0 fully saturated rings. The molecule has 122 valence electrons. The van der Waals surface area contributed by atoms with Crippen molar-refractivity contribution in [2.75, 3.05) is 13.2 Å². The van der Waals surface area contributed by atoms with Gasteiger partial charge in [-0.1, -0.05) is 6.07 Å². The second kappa shape index (κ2) is 8.03. The van der Waals surface area contributed by atoms with E-state index in [0.717, 1.165) is 11.1 Å². The Kier molecular flexibility index (Phi) is 5.80. The van der Waals surface area contributed by atoms with Crippen LogP contribution in [0.4, 0.5) is 0 Å². The fraction of sp³-hybridized carbons (Fsp3) is 0.294. The quantitative estimate of drug-likeness (QED) is 0.815. The highest BCUT2D eigenvalue weighted by molar-refractivity contribution is 5.85. The summed E-state index contributed by atoms with van der Waals surface area (Å²) >= 11 is 0. The molecule has 0 radical (unpaired) electrons. The Hall–Kier alpha value is -2.76. The Bertz CT molecular complexity index is 665. The molecule has 2 aromatic rings. The maximum atomic E-state index is 11.7. The van der Waals surface area contributed by atoms with E-state index in [0.29, 0.717) is 18.1 Å². The lowest BCUT2D eigenvalue weighted by Gasteiger charge is -2.09. The number of nitrogens with one attached hydrogen (secondary N) is 2. The molecule has 0 spiro atoms. The van der Waals surface area contributed by atoms with Crippen molar-refractivity contribution in [3.05, 3.63) is 53.5 Å². The van der Waals surface area contributed by atoms with Crippen molar-refractivity contribution in [2.45, 2.75) is 20.4 Å². The van der Waals surface area contributed by atoms with Crippen LogP contribution in [-0.4, -0.2) is 25.0 Å². The minimum atomic E-state index is -0.351. The highest BCUT2D eigenvalue weighted by Gasteiger charge is 2.07. The number of aryl methyl sites for hydroxylation is 2. The Balaban J connectivity index is 1.66. The van der Waals surface area contributed by atoms with Gasteiger partial charge in [-0.3, -0.25) is 9.59 Å². The van der Waals surface area contributed by atoms with E-state index < -0.39 is 0 Å². The summed E-state index contributed by atoms with van der Waals surface area (Å²) in [6.07, 6.45) is 1.54. The average Bonchev–Trinajstić information content (AvgIpc) is 3.05. The lowest BCUT2D eigenvalue weighted by Crippen LogP contribution is -2.38. The first-order valence-electron chi connectivity index (χ1n) is 7.30. The number of benzene rings is 1.